The SMILES string of the molecule is COc1cccc(CO)c1OCc1cc(F)ccc1C#N. The Hall–Kier alpha value is -2.58. The first-order chi connectivity index (χ1) is 10.2. The van der Waals surface area contributed by atoms with Gasteiger partial charge in [-0.3, -0.25) is 0 Å². The van der Waals surface area contributed by atoms with E-state index in [1.165, 1.54) is 25.3 Å². The number of rotatable bonds is 5. The van der Waals surface area contributed by atoms with E-state index in [-0.39, 0.29) is 13.2 Å². The molecule has 0 saturated carbocycles. The van der Waals surface area contributed by atoms with E-state index in [2.05, 4.69) is 0 Å². The van der Waals surface area contributed by atoms with Crippen LogP contribution in [0, 0.1) is 17.1 Å². The predicted octanol–water partition coefficient (Wildman–Crippen LogP) is 2.78. The Morgan fingerprint density at radius 2 is 2.05 bits per heavy atom. The maximum Gasteiger partial charge on any atom is 0.167 e. The first-order valence-electron chi connectivity index (χ1n) is 6.27. The largest absolute Gasteiger partial charge is 0.493 e. The molecule has 2 aromatic rings. The lowest BCUT2D eigenvalue weighted by atomic mass is 10.1. The van der Waals surface area contributed by atoms with E-state index in [0.29, 0.717) is 28.2 Å². The van der Waals surface area contributed by atoms with Gasteiger partial charge in [-0.15, -0.1) is 0 Å². The summed E-state index contributed by atoms with van der Waals surface area (Å²) in [4.78, 5) is 0. The van der Waals surface area contributed by atoms with Gasteiger partial charge in [-0.1, -0.05) is 12.1 Å². The van der Waals surface area contributed by atoms with E-state index >= 15 is 0 Å². The van der Waals surface area contributed by atoms with Crippen LogP contribution in [0.2, 0.25) is 0 Å². The summed E-state index contributed by atoms with van der Waals surface area (Å²) in [7, 11) is 1.49. The average molecular weight is 287 g/mol. The maximum atomic E-state index is 13.3. The Balaban J connectivity index is 2.28. The second kappa shape index (κ2) is 6.73. The minimum absolute atomic E-state index is 0.00796. The molecule has 4 nitrogen and oxygen atoms in total. The fourth-order valence-electron chi connectivity index (χ4n) is 1.95. The molecule has 0 unspecified atom stereocenters. The summed E-state index contributed by atoms with van der Waals surface area (Å²) in [6, 6.07) is 11.0. The summed E-state index contributed by atoms with van der Waals surface area (Å²) in [6.07, 6.45) is 0. The number of nitriles is 1. The van der Waals surface area contributed by atoms with E-state index in [1.807, 2.05) is 6.07 Å². The molecule has 0 atom stereocenters. The molecule has 0 radical (unpaired) electrons. The van der Waals surface area contributed by atoms with Crippen LogP contribution in [0.25, 0.3) is 0 Å². The summed E-state index contributed by atoms with van der Waals surface area (Å²) in [5, 5.41) is 18.3. The van der Waals surface area contributed by atoms with Crippen molar-refractivity contribution in [3.8, 4) is 17.6 Å². The van der Waals surface area contributed by atoms with Crippen molar-refractivity contribution in [1.82, 2.24) is 0 Å². The molecule has 0 saturated heterocycles. The molecular formula is C16H14FNO3. The number of aliphatic hydroxyl groups excluding tert-OH is 1. The van der Waals surface area contributed by atoms with Crippen LogP contribution >= 0.6 is 0 Å². The van der Waals surface area contributed by atoms with Gasteiger partial charge in [-0.25, -0.2) is 4.39 Å². The summed E-state index contributed by atoms with van der Waals surface area (Å²) in [6.45, 7) is -0.200. The van der Waals surface area contributed by atoms with E-state index in [0.717, 1.165) is 0 Å². The molecule has 2 rings (SSSR count). The molecule has 0 aromatic heterocycles. The number of halogens is 1. The number of para-hydroxylation sites is 1. The molecule has 0 spiro atoms. The summed E-state index contributed by atoms with van der Waals surface area (Å²) in [5.41, 5.74) is 1.34. The van der Waals surface area contributed by atoms with Crippen molar-refractivity contribution in [2.24, 2.45) is 0 Å². The molecule has 0 fully saturated rings. The van der Waals surface area contributed by atoms with E-state index < -0.39 is 5.82 Å². The first kappa shape index (κ1) is 14.8. The molecular weight excluding hydrogens is 273 g/mol. The van der Waals surface area contributed by atoms with Crippen LogP contribution in [-0.2, 0) is 13.2 Å². The number of aliphatic hydroxyl groups is 1. The molecule has 5 heteroatoms. The van der Waals surface area contributed by atoms with Crippen molar-refractivity contribution in [2.45, 2.75) is 13.2 Å². The van der Waals surface area contributed by atoms with Crippen molar-refractivity contribution in [3.05, 3.63) is 58.9 Å². The van der Waals surface area contributed by atoms with Gasteiger partial charge in [0.25, 0.3) is 0 Å². The summed E-state index contributed by atoms with van der Waals surface area (Å²) >= 11 is 0. The molecule has 2 aromatic carbocycles. The van der Waals surface area contributed by atoms with Crippen LogP contribution < -0.4 is 9.47 Å². The Morgan fingerprint density at radius 1 is 1.24 bits per heavy atom. The third kappa shape index (κ3) is 3.30. The van der Waals surface area contributed by atoms with Gasteiger partial charge in [0.05, 0.1) is 25.3 Å². The number of nitrogens with zero attached hydrogens (tertiary/aromatic N) is 1. The molecule has 21 heavy (non-hydrogen) atoms. The summed E-state index contributed by atoms with van der Waals surface area (Å²) < 4.78 is 24.1. The van der Waals surface area contributed by atoms with Crippen molar-refractivity contribution in [2.75, 3.05) is 7.11 Å². The van der Waals surface area contributed by atoms with Gasteiger partial charge in [0, 0.05) is 11.1 Å². The number of benzene rings is 2. The van der Waals surface area contributed by atoms with Gasteiger partial charge in [0.2, 0.25) is 0 Å². The Labute approximate surface area is 122 Å². The Kier molecular flexibility index (Phi) is 4.75. The van der Waals surface area contributed by atoms with Gasteiger partial charge in [0.15, 0.2) is 11.5 Å². The topological polar surface area (TPSA) is 62.5 Å². The zero-order chi connectivity index (χ0) is 15.2. The highest BCUT2D eigenvalue weighted by Crippen LogP contribution is 2.32. The summed E-state index contributed by atoms with van der Waals surface area (Å²) in [5.74, 6) is 0.419. The fourth-order valence-corrected chi connectivity index (χ4v) is 1.95. The molecule has 0 aliphatic heterocycles. The Bertz CT molecular complexity index is 657. The quantitative estimate of drug-likeness (QED) is 0.918. The number of methoxy groups -OCH3 is 1. The molecule has 0 bridgehead atoms. The van der Waals surface area contributed by atoms with Gasteiger partial charge in [-0.2, -0.15) is 5.26 Å². The molecule has 1 N–H and O–H groups in total. The van der Waals surface area contributed by atoms with Gasteiger partial charge in [0.1, 0.15) is 12.4 Å². The van der Waals surface area contributed by atoms with Crippen LogP contribution in [0.1, 0.15) is 16.7 Å². The van der Waals surface area contributed by atoms with Crippen molar-refractivity contribution in [3.63, 3.8) is 0 Å². The van der Waals surface area contributed by atoms with Crippen LogP contribution in [0.3, 0.4) is 0 Å². The second-order valence-electron chi connectivity index (χ2n) is 4.31. The minimum atomic E-state index is -0.435. The third-order valence-corrected chi connectivity index (χ3v) is 3.01. The first-order valence-corrected chi connectivity index (χ1v) is 6.27. The lowest BCUT2D eigenvalue weighted by Gasteiger charge is -2.14. The predicted molar refractivity (Wildman–Crippen MR) is 74.4 cm³/mol. The molecule has 0 heterocycles. The molecule has 0 amide bonds. The normalized spacial score (nSPS) is 10.0. The standard InChI is InChI=1S/C16H14FNO3/c1-20-15-4-2-3-12(9-19)16(15)21-10-13-7-14(17)6-5-11(13)8-18/h2-7,19H,9-10H2,1H3. The van der Waals surface area contributed by atoms with E-state index in [4.69, 9.17) is 14.7 Å². The maximum absolute atomic E-state index is 13.3. The number of hydrogen-bond donors (Lipinski definition) is 1. The van der Waals surface area contributed by atoms with Crippen LogP contribution in [0.4, 0.5) is 4.39 Å². The van der Waals surface area contributed by atoms with Crippen LogP contribution in [-0.4, -0.2) is 12.2 Å². The van der Waals surface area contributed by atoms with Gasteiger partial charge in [-0.05, 0) is 24.3 Å². The van der Waals surface area contributed by atoms with E-state index in [9.17, 15) is 9.50 Å². The lowest BCUT2D eigenvalue weighted by molar-refractivity contribution is 0.249. The zero-order valence-electron chi connectivity index (χ0n) is 11.5. The third-order valence-electron chi connectivity index (χ3n) is 3.01. The minimum Gasteiger partial charge on any atom is -0.493 e. The highest BCUT2D eigenvalue weighted by atomic mass is 19.1. The zero-order valence-corrected chi connectivity index (χ0v) is 11.5. The van der Waals surface area contributed by atoms with Crippen LogP contribution in [0.15, 0.2) is 36.4 Å². The molecule has 108 valence electrons. The van der Waals surface area contributed by atoms with Gasteiger partial charge < -0.3 is 14.6 Å². The fraction of sp³-hybridized carbons (Fsp3) is 0.188. The highest BCUT2D eigenvalue weighted by molar-refractivity contribution is 5.47. The van der Waals surface area contributed by atoms with E-state index in [1.54, 1.807) is 18.2 Å². The molecule has 0 aliphatic carbocycles. The average Bonchev–Trinajstić information content (AvgIpc) is 2.52. The van der Waals surface area contributed by atoms with Crippen molar-refractivity contribution < 1.29 is 19.0 Å². The smallest absolute Gasteiger partial charge is 0.167 e. The number of ether oxygens (including phenoxy) is 2. The lowest BCUT2D eigenvalue weighted by Crippen LogP contribution is -2.03. The van der Waals surface area contributed by atoms with Crippen LogP contribution in [0.5, 0.6) is 11.5 Å². The highest BCUT2D eigenvalue weighted by Gasteiger charge is 2.12. The monoisotopic (exact) mass is 287 g/mol. The van der Waals surface area contributed by atoms with Crippen molar-refractivity contribution in [1.29, 1.82) is 5.26 Å². The van der Waals surface area contributed by atoms with Crippen molar-refractivity contribution >= 4 is 0 Å². The molecule has 0 aliphatic rings. The second-order valence-corrected chi connectivity index (χ2v) is 4.31. The number of hydrogen-bond acceptors (Lipinski definition) is 4. The van der Waals surface area contributed by atoms with Gasteiger partial charge >= 0.3 is 0 Å². The Morgan fingerprint density at radius 3 is 2.71 bits per heavy atom.